The van der Waals surface area contributed by atoms with Crippen LogP contribution in [0, 0.1) is 0 Å². The number of hydrogen-bond acceptors (Lipinski definition) is 3. The average molecular weight is 181 g/mol. The lowest BCUT2D eigenvalue weighted by Gasteiger charge is -2.08. The SMILES string of the molecule is CCC(C)NCC(=O)c1ccoc1. The normalized spacial score (nSPS) is 12.8. The highest BCUT2D eigenvalue weighted by atomic mass is 16.3. The first-order chi connectivity index (χ1) is 6.24. The van der Waals surface area contributed by atoms with E-state index in [0.717, 1.165) is 6.42 Å². The van der Waals surface area contributed by atoms with E-state index in [9.17, 15) is 4.79 Å². The second kappa shape index (κ2) is 4.82. The lowest BCUT2D eigenvalue weighted by Crippen LogP contribution is -2.30. The highest BCUT2D eigenvalue weighted by Gasteiger charge is 2.07. The number of nitrogens with one attached hydrogen (secondary N) is 1. The van der Waals surface area contributed by atoms with Gasteiger partial charge in [-0.2, -0.15) is 0 Å². The van der Waals surface area contributed by atoms with E-state index in [-0.39, 0.29) is 5.78 Å². The van der Waals surface area contributed by atoms with Crippen molar-refractivity contribution >= 4 is 5.78 Å². The maximum atomic E-state index is 11.4. The minimum atomic E-state index is 0.0778. The van der Waals surface area contributed by atoms with Crippen LogP contribution in [-0.2, 0) is 0 Å². The molecule has 3 heteroatoms. The summed E-state index contributed by atoms with van der Waals surface area (Å²) in [6.45, 7) is 4.52. The van der Waals surface area contributed by atoms with Crippen molar-refractivity contribution in [1.82, 2.24) is 5.32 Å². The molecule has 3 nitrogen and oxygen atoms in total. The van der Waals surface area contributed by atoms with Crippen LogP contribution in [0.2, 0.25) is 0 Å². The van der Waals surface area contributed by atoms with E-state index in [1.807, 2.05) is 0 Å². The number of carbonyl (C=O) groups is 1. The van der Waals surface area contributed by atoms with Crippen molar-refractivity contribution in [3.63, 3.8) is 0 Å². The molecule has 0 aliphatic rings. The van der Waals surface area contributed by atoms with Gasteiger partial charge in [0.05, 0.1) is 18.4 Å². The van der Waals surface area contributed by atoms with Crippen molar-refractivity contribution in [3.8, 4) is 0 Å². The summed E-state index contributed by atoms with van der Waals surface area (Å²) in [4.78, 5) is 11.4. The zero-order chi connectivity index (χ0) is 9.68. The molecule has 72 valence electrons. The van der Waals surface area contributed by atoms with E-state index in [0.29, 0.717) is 18.2 Å². The van der Waals surface area contributed by atoms with Gasteiger partial charge in [0, 0.05) is 6.04 Å². The molecule has 0 spiro atoms. The Kier molecular flexibility index (Phi) is 3.71. The molecule has 0 fully saturated rings. The molecule has 0 saturated heterocycles. The predicted molar refractivity (Wildman–Crippen MR) is 50.8 cm³/mol. The topological polar surface area (TPSA) is 42.2 Å². The van der Waals surface area contributed by atoms with Gasteiger partial charge in [0.1, 0.15) is 6.26 Å². The van der Waals surface area contributed by atoms with E-state index in [1.165, 1.54) is 12.5 Å². The molecule has 0 bridgehead atoms. The zero-order valence-electron chi connectivity index (χ0n) is 8.04. The largest absolute Gasteiger partial charge is 0.472 e. The average Bonchev–Trinajstić information content (AvgIpc) is 2.66. The summed E-state index contributed by atoms with van der Waals surface area (Å²) in [5.41, 5.74) is 0.635. The number of furan rings is 1. The van der Waals surface area contributed by atoms with Crippen molar-refractivity contribution in [2.45, 2.75) is 26.3 Å². The van der Waals surface area contributed by atoms with Crippen LogP contribution >= 0.6 is 0 Å². The van der Waals surface area contributed by atoms with E-state index in [2.05, 4.69) is 19.2 Å². The number of Topliss-reactive ketones (excluding diaryl/α,β-unsaturated/α-hetero) is 1. The first-order valence-corrected chi connectivity index (χ1v) is 4.52. The Balaban J connectivity index is 2.35. The summed E-state index contributed by atoms with van der Waals surface area (Å²) in [6.07, 6.45) is 4.01. The number of rotatable bonds is 5. The van der Waals surface area contributed by atoms with Gasteiger partial charge in [-0.25, -0.2) is 0 Å². The molecule has 0 aliphatic heterocycles. The Morgan fingerprint density at radius 3 is 3.00 bits per heavy atom. The Bertz CT molecular complexity index is 254. The molecule has 1 unspecified atom stereocenters. The Hall–Kier alpha value is -1.09. The van der Waals surface area contributed by atoms with Crippen molar-refractivity contribution in [2.24, 2.45) is 0 Å². The van der Waals surface area contributed by atoms with Crippen LogP contribution in [0.3, 0.4) is 0 Å². The van der Waals surface area contributed by atoms with Gasteiger partial charge in [-0.1, -0.05) is 6.92 Å². The predicted octanol–water partition coefficient (Wildman–Crippen LogP) is 1.85. The second-order valence-corrected chi connectivity index (χ2v) is 3.13. The second-order valence-electron chi connectivity index (χ2n) is 3.13. The smallest absolute Gasteiger partial charge is 0.179 e. The molecule has 0 aliphatic carbocycles. The van der Waals surface area contributed by atoms with Crippen LogP contribution in [0.25, 0.3) is 0 Å². The van der Waals surface area contributed by atoms with Crippen LogP contribution < -0.4 is 5.32 Å². The van der Waals surface area contributed by atoms with Crippen molar-refractivity contribution in [1.29, 1.82) is 0 Å². The van der Waals surface area contributed by atoms with Crippen LogP contribution in [0.4, 0.5) is 0 Å². The molecular weight excluding hydrogens is 166 g/mol. The highest BCUT2D eigenvalue weighted by molar-refractivity contribution is 5.97. The Morgan fingerprint density at radius 1 is 1.69 bits per heavy atom. The first kappa shape index (κ1) is 9.99. The maximum absolute atomic E-state index is 11.4. The molecule has 1 rings (SSSR count). The van der Waals surface area contributed by atoms with E-state index >= 15 is 0 Å². The number of ketones is 1. The molecule has 1 aromatic heterocycles. The van der Waals surface area contributed by atoms with Gasteiger partial charge in [-0.05, 0) is 19.4 Å². The van der Waals surface area contributed by atoms with Gasteiger partial charge in [0.15, 0.2) is 5.78 Å². The van der Waals surface area contributed by atoms with Crippen LogP contribution in [-0.4, -0.2) is 18.4 Å². The van der Waals surface area contributed by atoms with Gasteiger partial charge < -0.3 is 9.73 Å². The lowest BCUT2D eigenvalue weighted by molar-refractivity contribution is 0.0987. The highest BCUT2D eigenvalue weighted by Crippen LogP contribution is 2.00. The molecule has 0 radical (unpaired) electrons. The monoisotopic (exact) mass is 181 g/mol. The first-order valence-electron chi connectivity index (χ1n) is 4.52. The molecule has 1 aromatic rings. The lowest BCUT2D eigenvalue weighted by atomic mass is 10.2. The summed E-state index contributed by atoms with van der Waals surface area (Å²) >= 11 is 0. The summed E-state index contributed by atoms with van der Waals surface area (Å²) < 4.78 is 4.82. The fourth-order valence-corrected chi connectivity index (χ4v) is 0.936. The molecule has 13 heavy (non-hydrogen) atoms. The van der Waals surface area contributed by atoms with E-state index in [1.54, 1.807) is 6.07 Å². The summed E-state index contributed by atoms with van der Waals surface area (Å²) in [6, 6.07) is 2.07. The van der Waals surface area contributed by atoms with Gasteiger partial charge in [-0.3, -0.25) is 4.79 Å². The molecule has 1 heterocycles. The third-order valence-electron chi connectivity index (χ3n) is 2.07. The van der Waals surface area contributed by atoms with Gasteiger partial charge in [-0.15, -0.1) is 0 Å². The van der Waals surface area contributed by atoms with Gasteiger partial charge in [0.25, 0.3) is 0 Å². The van der Waals surface area contributed by atoms with E-state index < -0.39 is 0 Å². The standard InChI is InChI=1S/C10H15NO2/c1-3-8(2)11-6-10(12)9-4-5-13-7-9/h4-5,7-8,11H,3,6H2,1-2H3. The molecule has 0 saturated carbocycles. The minimum Gasteiger partial charge on any atom is -0.472 e. The fourth-order valence-electron chi connectivity index (χ4n) is 0.936. The number of carbonyl (C=O) groups excluding carboxylic acids is 1. The summed E-state index contributed by atoms with van der Waals surface area (Å²) in [5.74, 6) is 0.0778. The quantitative estimate of drug-likeness (QED) is 0.705. The number of hydrogen-bond donors (Lipinski definition) is 1. The van der Waals surface area contributed by atoms with Gasteiger partial charge in [0.2, 0.25) is 0 Å². The Labute approximate surface area is 78.1 Å². The van der Waals surface area contributed by atoms with E-state index in [4.69, 9.17) is 4.42 Å². The third kappa shape index (κ3) is 3.03. The third-order valence-corrected chi connectivity index (χ3v) is 2.07. The molecule has 0 aromatic carbocycles. The molecular formula is C10H15NO2. The van der Waals surface area contributed by atoms with Crippen LogP contribution in [0.1, 0.15) is 30.6 Å². The van der Waals surface area contributed by atoms with Crippen LogP contribution in [0.15, 0.2) is 23.0 Å². The zero-order valence-corrected chi connectivity index (χ0v) is 8.04. The maximum Gasteiger partial charge on any atom is 0.179 e. The fraction of sp³-hybridized carbons (Fsp3) is 0.500. The summed E-state index contributed by atoms with van der Waals surface area (Å²) in [7, 11) is 0. The molecule has 1 N–H and O–H groups in total. The molecule has 0 amide bonds. The molecule has 1 atom stereocenters. The van der Waals surface area contributed by atoms with Crippen molar-refractivity contribution in [2.75, 3.05) is 6.54 Å². The van der Waals surface area contributed by atoms with Crippen LogP contribution in [0.5, 0.6) is 0 Å². The van der Waals surface area contributed by atoms with Gasteiger partial charge >= 0.3 is 0 Å². The Morgan fingerprint density at radius 2 is 2.46 bits per heavy atom. The van der Waals surface area contributed by atoms with Crippen molar-refractivity contribution < 1.29 is 9.21 Å². The minimum absolute atomic E-state index is 0.0778. The summed E-state index contributed by atoms with van der Waals surface area (Å²) in [5, 5.41) is 3.13. The van der Waals surface area contributed by atoms with Crippen molar-refractivity contribution in [3.05, 3.63) is 24.2 Å².